The lowest BCUT2D eigenvalue weighted by molar-refractivity contribution is -0.133. The van der Waals surface area contributed by atoms with E-state index in [0.29, 0.717) is 19.1 Å². The van der Waals surface area contributed by atoms with Gasteiger partial charge in [-0.3, -0.25) is 9.59 Å². The predicted octanol–water partition coefficient (Wildman–Crippen LogP) is 5.42. The first-order valence-corrected chi connectivity index (χ1v) is 14.0. The Morgan fingerprint density at radius 2 is 1.80 bits per heavy atom. The minimum atomic E-state index is -2.21. The highest BCUT2D eigenvalue weighted by atomic mass is 32.2. The Morgan fingerprint density at radius 3 is 2.40 bits per heavy atom. The molecule has 3 nitrogen and oxygen atoms in total. The summed E-state index contributed by atoms with van der Waals surface area (Å²) in [5.74, 6) is 11.0. The Balaban J connectivity index is 2.26. The number of benzene rings is 1. The normalized spacial score (nSPS) is 22.0. The van der Waals surface area contributed by atoms with E-state index in [9.17, 15) is 9.59 Å². The van der Waals surface area contributed by atoms with Gasteiger partial charge in [0.25, 0.3) is 0 Å². The molecule has 0 bridgehead atoms. The van der Waals surface area contributed by atoms with Crippen molar-refractivity contribution in [3.8, 4) is 23.7 Å². The van der Waals surface area contributed by atoms with E-state index in [2.05, 4.69) is 69.7 Å². The molecule has 0 amide bonds. The lowest BCUT2D eigenvalue weighted by Crippen LogP contribution is -2.55. The maximum atomic E-state index is 13.4. The third-order valence-corrected chi connectivity index (χ3v) is 11.4. The zero-order valence-electron chi connectivity index (χ0n) is 18.5. The van der Waals surface area contributed by atoms with Crippen molar-refractivity contribution in [2.24, 2.45) is 0 Å². The molecule has 0 aliphatic heterocycles. The number of carbonyl (C=O) groups is 2. The molecule has 1 saturated carbocycles. The van der Waals surface area contributed by atoms with Crippen molar-refractivity contribution in [1.82, 2.24) is 0 Å². The summed E-state index contributed by atoms with van der Waals surface area (Å²) in [6, 6.07) is 10.2. The summed E-state index contributed by atoms with van der Waals surface area (Å²) in [6.45, 7) is 10.8. The van der Waals surface area contributed by atoms with Gasteiger partial charge in [-0.25, -0.2) is 0 Å². The Kier molecular flexibility index (Phi) is 8.32. The van der Waals surface area contributed by atoms with E-state index in [0.717, 1.165) is 6.42 Å². The van der Waals surface area contributed by atoms with Crippen LogP contribution in [-0.2, 0) is 14.0 Å². The largest absolute Gasteiger partial charge is 0.395 e. The summed E-state index contributed by atoms with van der Waals surface area (Å²) in [6.07, 6.45) is 5.52. The number of hydrogen-bond acceptors (Lipinski definition) is 4. The average molecular weight is 439 g/mol. The number of allylic oxidation sites excluding steroid dienone is 2. The summed E-state index contributed by atoms with van der Waals surface area (Å²) in [4.78, 5) is 24.8. The molecule has 1 aromatic carbocycles. The van der Waals surface area contributed by atoms with E-state index in [1.165, 1.54) is 11.0 Å². The third kappa shape index (κ3) is 6.47. The van der Waals surface area contributed by atoms with E-state index in [1.807, 2.05) is 18.2 Å². The first-order chi connectivity index (χ1) is 14.1. The zero-order chi connectivity index (χ0) is 22.3. The van der Waals surface area contributed by atoms with Gasteiger partial charge in [-0.05, 0) is 61.2 Å². The molecule has 0 heterocycles. The van der Waals surface area contributed by atoms with Crippen LogP contribution in [0.15, 0.2) is 47.4 Å². The first kappa shape index (κ1) is 24.2. The summed E-state index contributed by atoms with van der Waals surface area (Å²) in [5.41, 5.74) is -1.07. The van der Waals surface area contributed by atoms with Gasteiger partial charge in [0.1, 0.15) is 0 Å². The highest BCUT2D eigenvalue weighted by Crippen LogP contribution is 2.44. The maximum Gasteiger partial charge on any atom is 0.194 e. The third-order valence-electron chi connectivity index (χ3n) is 5.63. The number of hydrogen-bond donors (Lipinski definition) is 0. The fraction of sp³-hybridized carbons (Fsp3) is 0.440. The van der Waals surface area contributed by atoms with Crippen molar-refractivity contribution in [1.29, 1.82) is 0 Å². The molecule has 158 valence electrons. The van der Waals surface area contributed by atoms with Crippen molar-refractivity contribution in [3.63, 3.8) is 0 Å². The second kappa shape index (κ2) is 10.3. The second-order valence-electron chi connectivity index (χ2n) is 8.92. The van der Waals surface area contributed by atoms with E-state index >= 15 is 0 Å². The molecular formula is C25H30O3SSi. The van der Waals surface area contributed by atoms with Crippen LogP contribution in [0.5, 0.6) is 0 Å². The predicted molar refractivity (Wildman–Crippen MR) is 127 cm³/mol. The summed E-state index contributed by atoms with van der Waals surface area (Å²) < 4.78 is 6.65. The molecule has 0 N–H and O–H groups in total. The van der Waals surface area contributed by atoms with E-state index in [4.69, 9.17) is 4.43 Å². The fourth-order valence-corrected chi connectivity index (χ4v) is 5.56. The van der Waals surface area contributed by atoms with E-state index in [-0.39, 0.29) is 16.1 Å². The van der Waals surface area contributed by atoms with Crippen LogP contribution >= 0.6 is 11.8 Å². The van der Waals surface area contributed by atoms with Gasteiger partial charge in [0.2, 0.25) is 0 Å². The van der Waals surface area contributed by atoms with Gasteiger partial charge in [0, 0.05) is 16.6 Å². The monoisotopic (exact) mass is 438 g/mol. The van der Waals surface area contributed by atoms with Crippen molar-refractivity contribution < 1.29 is 14.0 Å². The number of aldehydes is 1. The molecule has 0 spiro atoms. The smallest absolute Gasteiger partial charge is 0.194 e. The van der Waals surface area contributed by atoms with Crippen LogP contribution < -0.4 is 0 Å². The van der Waals surface area contributed by atoms with Crippen molar-refractivity contribution in [2.45, 2.75) is 73.9 Å². The van der Waals surface area contributed by atoms with Gasteiger partial charge in [-0.1, -0.05) is 56.7 Å². The van der Waals surface area contributed by atoms with E-state index < -0.39 is 13.9 Å². The number of thioether (sulfide) groups is 1. The van der Waals surface area contributed by atoms with Gasteiger partial charge in [0.15, 0.2) is 26.0 Å². The molecule has 2 unspecified atom stereocenters. The SMILES string of the molecule is CC(C)(C)[Si](C)(C)OC1(C#C/C=C\C#CC=O)CCC(Sc2ccccc2)CC1=O. The van der Waals surface area contributed by atoms with E-state index in [1.54, 1.807) is 17.8 Å². The highest BCUT2D eigenvalue weighted by molar-refractivity contribution is 8.00. The molecule has 5 heteroatoms. The van der Waals surface area contributed by atoms with Crippen molar-refractivity contribution in [3.05, 3.63) is 42.5 Å². The van der Waals surface area contributed by atoms with Gasteiger partial charge in [-0.2, -0.15) is 0 Å². The van der Waals surface area contributed by atoms with Crippen molar-refractivity contribution in [2.75, 3.05) is 0 Å². The van der Waals surface area contributed by atoms with Crippen molar-refractivity contribution >= 4 is 32.1 Å². The van der Waals surface area contributed by atoms with Gasteiger partial charge < -0.3 is 4.43 Å². The van der Waals surface area contributed by atoms with Crippen LogP contribution in [0.1, 0.15) is 40.0 Å². The Labute approximate surface area is 186 Å². The number of rotatable bonds is 4. The van der Waals surface area contributed by atoms with Crippen LogP contribution in [0.3, 0.4) is 0 Å². The highest BCUT2D eigenvalue weighted by Gasteiger charge is 2.50. The molecule has 2 rings (SSSR count). The molecular weight excluding hydrogens is 408 g/mol. The summed E-state index contributed by atoms with van der Waals surface area (Å²) in [5, 5.41) is 0.204. The number of Topliss-reactive ketones (excluding diaryl/α,β-unsaturated/α-hetero) is 1. The van der Waals surface area contributed by atoms with Crippen LogP contribution in [0.2, 0.25) is 18.1 Å². The van der Waals surface area contributed by atoms with Crippen LogP contribution in [0.4, 0.5) is 0 Å². The van der Waals surface area contributed by atoms with Gasteiger partial charge in [0.05, 0.1) is 0 Å². The second-order valence-corrected chi connectivity index (χ2v) is 15.0. The molecule has 1 aliphatic carbocycles. The lowest BCUT2D eigenvalue weighted by atomic mass is 9.84. The zero-order valence-corrected chi connectivity index (χ0v) is 20.3. The Hall–Kier alpha value is -2.05. The Bertz CT molecular complexity index is 907. The fourth-order valence-electron chi connectivity index (χ4n) is 2.95. The average Bonchev–Trinajstić information content (AvgIpc) is 2.67. The van der Waals surface area contributed by atoms with Crippen LogP contribution in [0.25, 0.3) is 0 Å². The molecule has 0 aromatic heterocycles. The topological polar surface area (TPSA) is 43.4 Å². The molecule has 1 aromatic rings. The minimum absolute atomic E-state index is 0.0249. The van der Waals surface area contributed by atoms with Crippen LogP contribution in [-0.4, -0.2) is 31.2 Å². The summed E-state index contributed by atoms with van der Waals surface area (Å²) in [7, 11) is -2.21. The molecule has 0 radical (unpaired) electrons. The molecule has 0 saturated heterocycles. The first-order valence-electron chi connectivity index (χ1n) is 10.2. The number of ketones is 1. The quantitative estimate of drug-likeness (QED) is 0.357. The Morgan fingerprint density at radius 1 is 1.13 bits per heavy atom. The molecule has 2 atom stereocenters. The standard InChI is InChI=1S/C25H30O3SSi/c1-24(2,3)30(4,5)28-25(17-12-7-6-8-13-19-26)18-16-22(20-23(25)27)29-21-14-10-9-11-15-21/h6-7,9-11,14-15,19,22H,16,18,20H2,1-5H3/b7-6-. The van der Waals surface area contributed by atoms with Gasteiger partial charge >= 0.3 is 0 Å². The van der Waals surface area contributed by atoms with Gasteiger partial charge in [-0.15, -0.1) is 11.8 Å². The minimum Gasteiger partial charge on any atom is -0.395 e. The molecule has 1 fully saturated rings. The molecule has 1 aliphatic rings. The lowest BCUT2D eigenvalue weighted by Gasteiger charge is -2.45. The number of carbonyl (C=O) groups excluding carboxylic acids is 2. The van der Waals surface area contributed by atoms with Crippen LogP contribution in [0, 0.1) is 23.7 Å². The maximum absolute atomic E-state index is 13.4. The molecule has 30 heavy (non-hydrogen) atoms. The summed E-state index contributed by atoms with van der Waals surface area (Å²) >= 11 is 1.75.